The molecule has 0 radical (unpaired) electrons. The van der Waals surface area contributed by atoms with Crippen molar-refractivity contribution in [3.8, 4) is 0 Å². The summed E-state index contributed by atoms with van der Waals surface area (Å²) in [5.74, 6) is -1.66. The molecule has 1 atom stereocenters. The van der Waals surface area contributed by atoms with E-state index in [-0.39, 0.29) is 49.3 Å². The van der Waals surface area contributed by atoms with E-state index in [4.69, 9.17) is 15.2 Å². The lowest BCUT2D eigenvalue weighted by molar-refractivity contribution is -0.207. The van der Waals surface area contributed by atoms with Crippen molar-refractivity contribution in [1.82, 2.24) is 4.90 Å². The van der Waals surface area contributed by atoms with Crippen LogP contribution in [0.25, 0.3) is 0 Å². The summed E-state index contributed by atoms with van der Waals surface area (Å²) in [5.41, 5.74) is 4.91. The summed E-state index contributed by atoms with van der Waals surface area (Å²) in [4.78, 5) is 36.5. The third-order valence-electron chi connectivity index (χ3n) is 3.99. The van der Waals surface area contributed by atoms with Gasteiger partial charge in [0.1, 0.15) is 0 Å². The lowest BCUT2D eigenvalue weighted by atomic mass is 9.80. The van der Waals surface area contributed by atoms with Gasteiger partial charge in [-0.2, -0.15) is 0 Å². The molecule has 1 unspecified atom stereocenters. The Morgan fingerprint density at radius 1 is 1.29 bits per heavy atom. The van der Waals surface area contributed by atoms with E-state index in [1.165, 1.54) is 4.90 Å². The third-order valence-corrected chi connectivity index (χ3v) is 3.99. The molecule has 0 saturated carbocycles. The maximum absolute atomic E-state index is 12.3. The fourth-order valence-electron chi connectivity index (χ4n) is 2.51. The normalized spacial score (nSPS) is 30.8. The van der Waals surface area contributed by atoms with Crippen LogP contribution in [0.15, 0.2) is 0 Å². The van der Waals surface area contributed by atoms with Crippen LogP contribution in [0.3, 0.4) is 0 Å². The minimum atomic E-state index is -0.688. The van der Waals surface area contributed by atoms with Crippen molar-refractivity contribution in [3.05, 3.63) is 0 Å². The summed E-state index contributed by atoms with van der Waals surface area (Å²) in [6.45, 7) is 6.19. The Balaban J connectivity index is 1.94. The van der Waals surface area contributed by atoms with Gasteiger partial charge in [0.15, 0.2) is 6.29 Å². The first-order chi connectivity index (χ1) is 9.70. The number of primary amides is 1. The molecule has 2 fully saturated rings. The van der Waals surface area contributed by atoms with Gasteiger partial charge in [-0.25, -0.2) is 0 Å². The van der Waals surface area contributed by atoms with Crippen LogP contribution in [0.5, 0.6) is 0 Å². The number of ether oxygens (including phenoxy) is 2. The summed E-state index contributed by atoms with van der Waals surface area (Å²) < 4.78 is 10.7. The summed E-state index contributed by atoms with van der Waals surface area (Å²) >= 11 is 0. The summed E-state index contributed by atoms with van der Waals surface area (Å²) in [6, 6.07) is 0. The van der Waals surface area contributed by atoms with E-state index in [0.717, 1.165) is 0 Å². The SMILES string of the molecule is CC(C)(C)C1CC(=O)N(CC2OCC(C(N)=O)CO2)C1=O. The lowest BCUT2D eigenvalue weighted by Gasteiger charge is -2.30. The largest absolute Gasteiger partial charge is 0.369 e. The van der Waals surface area contributed by atoms with Crippen LogP contribution in [-0.4, -0.2) is 48.7 Å². The highest BCUT2D eigenvalue weighted by atomic mass is 16.7. The van der Waals surface area contributed by atoms with Gasteiger partial charge in [0.2, 0.25) is 17.7 Å². The van der Waals surface area contributed by atoms with Crippen molar-refractivity contribution in [1.29, 1.82) is 0 Å². The van der Waals surface area contributed by atoms with E-state index >= 15 is 0 Å². The Morgan fingerprint density at radius 3 is 2.29 bits per heavy atom. The van der Waals surface area contributed by atoms with Crippen LogP contribution in [0, 0.1) is 17.3 Å². The maximum Gasteiger partial charge on any atom is 0.233 e. The Kier molecular flexibility index (Phi) is 4.34. The number of amides is 3. The van der Waals surface area contributed by atoms with E-state index in [1.807, 2.05) is 20.8 Å². The van der Waals surface area contributed by atoms with Gasteiger partial charge in [-0.3, -0.25) is 19.3 Å². The Morgan fingerprint density at radius 2 is 1.86 bits per heavy atom. The van der Waals surface area contributed by atoms with Crippen molar-refractivity contribution in [2.45, 2.75) is 33.5 Å². The Bertz CT molecular complexity index is 449. The molecule has 2 rings (SSSR count). The van der Waals surface area contributed by atoms with Gasteiger partial charge in [-0.1, -0.05) is 20.8 Å². The molecule has 2 aliphatic heterocycles. The summed E-state index contributed by atoms with van der Waals surface area (Å²) in [7, 11) is 0. The second kappa shape index (κ2) is 5.73. The first-order valence-electron chi connectivity index (χ1n) is 7.07. The van der Waals surface area contributed by atoms with E-state index in [9.17, 15) is 14.4 Å². The van der Waals surface area contributed by atoms with Crippen LogP contribution in [-0.2, 0) is 23.9 Å². The molecule has 0 spiro atoms. The van der Waals surface area contributed by atoms with Crippen LogP contribution in [0.1, 0.15) is 27.2 Å². The van der Waals surface area contributed by atoms with Crippen molar-refractivity contribution in [2.75, 3.05) is 19.8 Å². The Hall–Kier alpha value is -1.47. The predicted molar refractivity (Wildman–Crippen MR) is 72.7 cm³/mol. The smallest absolute Gasteiger partial charge is 0.233 e. The van der Waals surface area contributed by atoms with Gasteiger partial charge in [-0.15, -0.1) is 0 Å². The van der Waals surface area contributed by atoms with Crippen LogP contribution < -0.4 is 5.73 Å². The molecule has 21 heavy (non-hydrogen) atoms. The molecule has 0 aromatic heterocycles. The van der Waals surface area contributed by atoms with Gasteiger partial charge in [0.25, 0.3) is 0 Å². The van der Waals surface area contributed by atoms with Gasteiger partial charge >= 0.3 is 0 Å². The quantitative estimate of drug-likeness (QED) is 0.732. The van der Waals surface area contributed by atoms with E-state index in [0.29, 0.717) is 0 Å². The van der Waals surface area contributed by atoms with Crippen LogP contribution in [0.2, 0.25) is 0 Å². The topological polar surface area (TPSA) is 98.9 Å². The van der Waals surface area contributed by atoms with Gasteiger partial charge in [0, 0.05) is 6.42 Å². The van der Waals surface area contributed by atoms with Crippen molar-refractivity contribution >= 4 is 17.7 Å². The fourth-order valence-corrected chi connectivity index (χ4v) is 2.51. The fraction of sp³-hybridized carbons (Fsp3) is 0.786. The highest BCUT2D eigenvalue weighted by Crippen LogP contribution is 2.35. The second-order valence-corrected chi connectivity index (χ2v) is 6.66. The molecular weight excluding hydrogens is 276 g/mol. The molecule has 0 aromatic rings. The molecule has 2 N–H and O–H groups in total. The van der Waals surface area contributed by atoms with Crippen molar-refractivity contribution < 1.29 is 23.9 Å². The van der Waals surface area contributed by atoms with Crippen molar-refractivity contribution in [2.24, 2.45) is 23.0 Å². The molecule has 7 nitrogen and oxygen atoms in total. The number of carbonyl (C=O) groups is 3. The molecule has 118 valence electrons. The number of nitrogens with two attached hydrogens (primary N) is 1. The molecule has 2 saturated heterocycles. The standard InChI is InChI=1S/C14H22N2O5/c1-14(2,3)9-4-10(17)16(13(9)19)5-11-20-6-8(7-21-11)12(15)18/h8-9,11H,4-7H2,1-3H3,(H2,15,18). The maximum atomic E-state index is 12.3. The molecule has 2 aliphatic rings. The summed E-state index contributed by atoms with van der Waals surface area (Å²) in [6.07, 6.45) is -0.467. The molecule has 7 heteroatoms. The molecule has 3 amide bonds. The number of nitrogens with zero attached hydrogens (tertiary/aromatic N) is 1. The predicted octanol–water partition coefficient (Wildman–Crippen LogP) is -0.118. The minimum Gasteiger partial charge on any atom is -0.369 e. The Labute approximate surface area is 123 Å². The monoisotopic (exact) mass is 298 g/mol. The molecule has 2 heterocycles. The van der Waals surface area contributed by atoms with E-state index < -0.39 is 18.1 Å². The van der Waals surface area contributed by atoms with Crippen LogP contribution in [0.4, 0.5) is 0 Å². The highest BCUT2D eigenvalue weighted by molar-refractivity contribution is 6.03. The van der Waals surface area contributed by atoms with Gasteiger partial charge in [0.05, 0.1) is 31.6 Å². The number of hydrogen-bond acceptors (Lipinski definition) is 5. The average molecular weight is 298 g/mol. The first-order valence-corrected chi connectivity index (χ1v) is 7.07. The lowest BCUT2D eigenvalue weighted by Crippen LogP contribution is -2.46. The van der Waals surface area contributed by atoms with Crippen molar-refractivity contribution in [3.63, 3.8) is 0 Å². The number of carbonyl (C=O) groups excluding carboxylic acids is 3. The number of likely N-dealkylation sites (tertiary alicyclic amines) is 1. The summed E-state index contributed by atoms with van der Waals surface area (Å²) in [5, 5.41) is 0. The van der Waals surface area contributed by atoms with E-state index in [1.54, 1.807) is 0 Å². The average Bonchev–Trinajstić information content (AvgIpc) is 2.67. The molecule has 0 aromatic carbocycles. The number of imide groups is 1. The number of hydrogen-bond donors (Lipinski definition) is 1. The third kappa shape index (κ3) is 3.41. The zero-order valence-electron chi connectivity index (χ0n) is 12.6. The molecule has 0 aliphatic carbocycles. The second-order valence-electron chi connectivity index (χ2n) is 6.66. The number of rotatable bonds is 3. The first kappa shape index (κ1) is 15.9. The highest BCUT2D eigenvalue weighted by Gasteiger charge is 2.45. The zero-order valence-corrected chi connectivity index (χ0v) is 12.6. The van der Waals surface area contributed by atoms with Gasteiger partial charge in [-0.05, 0) is 5.41 Å². The molecule has 0 bridgehead atoms. The van der Waals surface area contributed by atoms with Gasteiger partial charge < -0.3 is 15.2 Å². The minimum absolute atomic E-state index is 0.0652. The van der Waals surface area contributed by atoms with Crippen LogP contribution >= 0.6 is 0 Å². The zero-order chi connectivity index (χ0) is 15.8. The van der Waals surface area contributed by atoms with E-state index in [2.05, 4.69) is 0 Å². The molecular formula is C14H22N2O5.